The zero-order valence-electron chi connectivity index (χ0n) is 8.36. The molecular weight excluding hydrogens is 192 g/mol. The van der Waals surface area contributed by atoms with E-state index in [1.807, 2.05) is 12.1 Å². The molecule has 0 aliphatic rings. The molecule has 0 saturated heterocycles. The van der Waals surface area contributed by atoms with Crippen LogP contribution in [0.4, 0.5) is 0 Å². The maximum Gasteiger partial charge on any atom is 0.257 e. The highest BCUT2D eigenvalue weighted by Gasteiger charge is 1.94. The summed E-state index contributed by atoms with van der Waals surface area (Å²) >= 11 is 0. The number of hydrogen-bond acceptors (Lipinski definition) is 3. The Morgan fingerprint density at radius 3 is 2.67 bits per heavy atom. The maximum absolute atomic E-state index is 10.7. The van der Waals surface area contributed by atoms with Gasteiger partial charge in [0.1, 0.15) is 5.75 Å². The summed E-state index contributed by atoms with van der Waals surface area (Å²) in [7, 11) is 0. The van der Waals surface area contributed by atoms with Gasteiger partial charge in [0.15, 0.2) is 0 Å². The normalized spacial score (nSPS) is 9.60. The van der Waals surface area contributed by atoms with Gasteiger partial charge in [-0.1, -0.05) is 18.7 Å². The predicted molar refractivity (Wildman–Crippen MR) is 58.2 cm³/mol. The number of phenolic OH excluding ortho intramolecular Hbond substituents is 1. The van der Waals surface area contributed by atoms with E-state index < -0.39 is 0 Å². The van der Waals surface area contributed by atoms with E-state index in [1.54, 1.807) is 12.1 Å². The molecule has 15 heavy (non-hydrogen) atoms. The van der Waals surface area contributed by atoms with E-state index >= 15 is 0 Å². The standard InChI is InChI=1S/C11H14N2O2/c1-2-11(15)13-12-8-7-9-3-5-10(14)6-4-9/h2-6,12,14H,1,7-8H2,(H,13,15). The van der Waals surface area contributed by atoms with Crippen molar-refractivity contribution in [1.29, 1.82) is 0 Å². The van der Waals surface area contributed by atoms with Crippen molar-refractivity contribution in [3.05, 3.63) is 42.5 Å². The summed E-state index contributed by atoms with van der Waals surface area (Å²) in [5, 5.41) is 9.05. The molecule has 0 aromatic heterocycles. The quantitative estimate of drug-likeness (QED) is 0.378. The number of rotatable bonds is 5. The van der Waals surface area contributed by atoms with Crippen LogP contribution in [0.1, 0.15) is 5.56 Å². The molecule has 0 unspecified atom stereocenters. The van der Waals surface area contributed by atoms with E-state index in [-0.39, 0.29) is 11.7 Å². The lowest BCUT2D eigenvalue weighted by Gasteiger charge is -2.04. The predicted octanol–water partition coefficient (Wildman–Crippen LogP) is 0.741. The van der Waals surface area contributed by atoms with Crippen LogP contribution in [0.2, 0.25) is 0 Å². The average Bonchev–Trinajstić information content (AvgIpc) is 2.26. The summed E-state index contributed by atoms with van der Waals surface area (Å²) in [5.41, 5.74) is 6.31. The Labute approximate surface area is 88.6 Å². The smallest absolute Gasteiger partial charge is 0.257 e. The molecule has 0 saturated carbocycles. The first-order valence-corrected chi connectivity index (χ1v) is 4.65. The molecule has 1 aromatic carbocycles. The number of amides is 1. The summed E-state index contributed by atoms with van der Waals surface area (Å²) in [6, 6.07) is 6.95. The third-order valence-corrected chi connectivity index (χ3v) is 1.87. The molecule has 80 valence electrons. The molecule has 0 spiro atoms. The Kier molecular flexibility index (Phi) is 4.37. The van der Waals surface area contributed by atoms with Gasteiger partial charge in [0, 0.05) is 6.54 Å². The fourth-order valence-corrected chi connectivity index (χ4v) is 1.07. The molecule has 0 radical (unpaired) electrons. The minimum atomic E-state index is -0.249. The van der Waals surface area contributed by atoms with Crippen molar-refractivity contribution in [2.45, 2.75) is 6.42 Å². The van der Waals surface area contributed by atoms with Gasteiger partial charge in [-0.05, 0) is 30.2 Å². The van der Waals surface area contributed by atoms with Gasteiger partial charge in [-0.25, -0.2) is 5.43 Å². The molecule has 1 rings (SSSR count). The van der Waals surface area contributed by atoms with Gasteiger partial charge < -0.3 is 5.11 Å². The lowest BCUT2D eigenvalue weighted by atomic mass is 10.1. The van der Waals surface area contributed by atoms with E-state index in [9.17, 15) is 4.79 Å². The van der Waals surface area contributed by atoms with Crippen LogP contribution >= 0.6 is 0 Å². The second kappa shape index (κ2) is 5.82. The third kappa shape index (κ3) is 4.28. The van der Waals surface area contributed by atoms with Gasteiger partial charge in [-0.15, -0.1) is 0 Å². The van der Waals surface area contributed by atoms with E-state index in [1.165, 1.54) is 6.08 Å². The van der Waals surface area contributed by atoms with Gasteiger partial charge in [-0.2, -0.15) is 0 Å². The first-order valence-electron chi connectivity index (χ1n) is 4.65. The van der Waals surface area contributed by atoms with Gasteiger partial charge >= 0.3 is 0 Å². The van der Waals surface area contributed by atoms with Crippen LogP contribution in [0.3, 0.4) is 0 Å². The topological polar surface area (TPSA) is 61.4 Å². The lowest BCUT2D eigenvalue weighted by molar-refractivity contribution is -0.117. The minimum Gasteiger partial charge on any atom is -0.508 e. The highest BCUT2D eigenvalue weighted by molar-refractivity contribution is 5.86. The van der Waals surface area contributed by atoms with Gasteiger partial charge in [0.05, 0.1) is 0 Å². The van der Waals surface area contributed by atoms with Crippen LogP contribution in [-0.4, -0.2) is 17.6 Å². The molecular formula is C11H14N2O2. The number of aromatic hydroxyl groups is 1. The van der Waals surface area contributed by atoms with Crippen LogP contribution < -0.4 is 10.9 Å². The second-order valence-electron chi connectivity index (χ2n) is 3.04. The number of phenols is 1. The fourth-order valence-electron chi connectivity index (χ4n) is 1.07. The summed E-state index contributed by atoms with van der Waals surface area (Å²) in [5.74, 6) is 0.00683. The summed E-state index contributed by atoms with van der Waals surface area (Å²) in [4.78, 5) is 10.7. The van der Waals surface area contributed by atoms with Gasteiger partial charge in [0.2, 0.25) is 0 Å². The number of hydrazine groups is 1. The number of nitrogens with one attached hydrogen (secondary N) is 2. The van der Waals surface area contributed by atoms with E-state index in [0.29, 0.717) is 6.54 Å². The van der Waals surface area contributed by atoms with Crippen LogP contribution in [0.25, 0.3) is 0 Å². The molecule has 0 bridgehead atoms. The molecule has 1 aromatic rings. The molecule has 4 nitrogen and oxygen atoms in total. The SMILES string of the molecule is C=CC(=O)NNCCc1ccc(O)cc1. The van der Waals surface area contributed by atoms with Crippen molar-refractivity contribution in [3.8, 4) is 5.75 Å². The van der Waals surface area contributed by atoms with Crippen LogP contribution in [-0.2, 0) is 11.2 Å². The minimum absolute atomic E-state index is 0.249. The Morgan fingerprint density at radius 1 is 1.40 bits per heavy atom. The van der Waals surface area contributed by atoms with Crippen molar-refractivity contribution in [3.63, 3.8) is 0 Å². The molecule has 3 N–H and O–H groups in total. The van der Waals surface area contributed by atoms with Crippen LogP contribution in [0, 0.1) is 0 Å². The Balaban J connectivity index is 2.23. The van der Waals surface area contributed by atoms with E-state index in [2.05, 4.69) is 17.4 Å². The molecule has 4 heteroatoms. The van der Waals surface area contributed by atoms with Crippen molar-refractivity contribution >= 4 is 5.91 Å². The molecule has 0 heterocycles. The highest BCUT2D eigenvalue weighted by atomic mass is 16.3. The molecule has 0 fully saturated rings. The average molecular weight is 206 g/mol. The summed E-state index contributed by atoms with van der Waals surface area (Å²) in [6.45, 7) is 3.96. The van der Waals surface area contributed by atoms with Crippen LogP contribution in [0.15, 0.2) is 36.9 Å². The zero-order chi connectivity index (χ0) is 11.1. The molecule has 0 aliphatic heterocycles. The number of hydrogen-bond donors (Lipinski definition) is 3. The first kappa shape index (κ1) is 11.3. The number of carbonyl (C=O) groups is 1. The largest absolute Gasteiger partial charge is 0.508 e. The maximum atomic E-state index is 10.7. The molecule has 1 amide bonds. The molecule has 0 atom stereocenters. The van der Waals surface area contributed by atoms with E-state index in [0.717, 1.165) is 12.0 Å². The Bertz CT molecular complexity index is 333. The van der Waals surface area contributed by atoms with Crippen molar-refractivity contribution in [2.75, 3.05) is 6.54 Å². The summed E-state index contributed by atoms with van der Waals surface area (Å²) < 4.78 is 0. The summed E-state index contributed by atoms with van der Waals surface area (Å²) in [6.07, 6.45) is 1.98. The highest BCUT2D eigenvalue weighted by Crippen LogP contribution is 2.09. The van der Waals surface area contributed by atoms with E-state index in [4.69, 9.17) is 5.11 Å². The lowest BCUT2D eigenvalue weighted by Crippen LogP contribution is -2.37. The number of benzene rings is 1. The van der Waals surface area contributed by atoms with Crippen molar-refractivity contribution < 1.29 is 9.90 Å². The molecule has 0 aliphatic carbocycles. The monoisotopic (exact) mass is 206 g/mol. The Hall–Kier alpha value is -1.81. The van der Waals surface area contributed by atoms with Crippen LogP contribution in [0.5, 0.6) is 5.75 Å². The zero-order valence-corrected chi connectivity index (χ0v) is 8.36. The third-order valence-electron chi connectivity index (χ3n) is 1.87. The van der Waals surface area contributed by atoms with Crippen molar-refractivity contribution in [2.24, 2.45) is 0 Å². The first-order chi connectivity index (χ1) is 7.22. The Morgan fingerprint density at radius 2 is 2.07 bits per heavy atom. The van der Waals surface area contributed by atoms with Crippen molar-refractivity contribution in [1.82, 2.24) is 10.9 Å². The number of carbonyl (C=O) groups excluding carboxylic acids is 1. The fraction of sp³-hybridized carbons (Fsp3) is 0.182. The van der Waals surface area contributed by atoms with Gasteiger partial charge in [-0.3, -0.25) is 10.2 Å². The second-order valence-corrected chi connectivity index (χ2v) is 3.04. The van der Waals surface area contributed by atoms with Gasteiger partial charge in [0.25, 0.3) is 5.91 Å².